The second-order valence-electron chi connectivity index (χ2n) is 6.61. The molecule has 1 aromatic rings. The molecule has 0 spiro atoms. The van der Waals surface area contributed by atoms with Gasteiger partial charge < -0.3 is 0 Å². The first kappa shape index (κ1) is 18.2. The van der Waals surface area contributed by atoms with Crippen molar-refractivity contribution >= 4 is 20.9 Å². The summed E-state index contributed by atoms with van der Waals surface area (Å²) in [6.45, 7) is 5.03. The zero-order valence-corrected chi connectivity index (χ0v) is 16.6. The molecule has 3 rings (SSSR count). The SMILES string of the molecule is COc1ccc(C(O)C[Se]C2C=CC=C2C2=N[C@@H](C(C)C)CO2)cc1. The van der Waals surface area contributed by atoms with Crippen molar-refractivity contribution in [3.8, 4) is 5.75 Å². The molecule has 0 fully saturated rings. The van der Waals surface area contributed by atoms with Gasteiger partial charge in [0.25, 0.3) is 0 Å². The van der Waals surface area contributed by atoms with Gasteiger partial charge in [0, 0.05) is 0 Å². The van der Waals surface area contributed by atoms with Crippen molar-refractivity contribution in [3.63, 3.8) is 0 Å². The number of aliphatic imine (C=N–C) groups is 1. The number of rotatable bonds is 7. The quantitative estimate of drug-likeness (QED) is 0.705. The first-order valence-electron chi connectivity index (χ1n) is 8.61. The number of ether oxygens (including phenoxy) is 2. The first-order valence-corrected chi connectivity index (χ1v) is 10.8. The van der Waals surface area contributed by atoms with Gasteiger partial charge in [-0.1, -0.05) is 0 Å². The fourth-order valence-corrected chi connectivity index (χ4v) is 5.20. The summed E-state index contributed by atoms with van der Waals surface area (Å²) in [7, 11) is 1.65. The van der Waals surface area contributed by atoms with Crippen molar-refractivity contribution in [2.45, 2.75) is 36.1 Å². The van der Waals surface area contributed by atoms with Gasteiger partial charge in [0.1, 0.15) is 0 Å². The van der Waals surface area contributed by atoms with Crippen LogP contribution in [0.3, 0.4) is 0 Å². The maximum absolute atomic E-state index is 10.5. The summed E-state index contributed by atoms with van der Waals surface area (Å²) in [4.78, 5) is 5.07. The van der Waals surface area contributed by atoms with E-state index in [2.05, 4.69) is 32.1 Å². The molecular weight excluding hydrogens is 381 g/mol. The molecule has 0 amide bonds. The number of hydrogen-bond acceptors (Lipinski definition) is 4. The van der Waals surface area contributed by atoms with E-state index in [4.69, 9.17) is 14.5 Å². The van der Waals surface area contributed by atoms with Gasteiger partial charge in [0.15, 0.2) is 0 Å². The van der Waals surface area contributed by atoms with E-state index in [0.29, 0.717) is 17.3 Å². The number of allylic oxidation sites excluding steroid dienone is 3. The number of aliphatic hydroxyl groups excluding tert-OH is 1. The van der Waals surface area contributed by atoms with Crippen LogP contribution in [0.25, 0.3) is 0 Å². The van der Waals surface area contributed by atoms with E-state index in [1.807, 2.05) is 24.3 Å². The van der Waals surface area contributed by atoms with Crippen molar-refractivity contribution in [1.82, 2.24) is 0 Å². The Morgan fingerprint density at radius 3 is 2.72 bits per heavy atom. The predicted molar refractivity (Wildman–Crippen MR) is 102 cm³/mol. The third-order valence-electron chi connectivity index (χ3n) is 4.49. The molecule has 0 saturated heterocycles. The van der Waals surface area contributed by atoms with Crippen LogP contribution in [0.1, 0.15) is 25.5 Å². The average Bonchev–Trinajstić information content (AvgIpc) is 3.28. The summed E-state index contributed by atoms with van der Waals surface area (Å²) < 4.78 is 11.0. The van der Waals surface area contributed by atoms with Crippen LogP contribution in [-0.2, 0) is 4.74 Å². The molecule has 0 saturated carbocycles. The molecule has 134 valence electrons. The number of benzene rings is 1. The molecular formula is C20H25NO3Se. The van der Waals surface area contributed by atoms with E-state index in [9.17, 15) is 5.11 Å². The van der Waals surface area contributed by atoms with Crippen LogP contribution in [0.2, 0.25) is 10.1 Å². The summed E-state index contributed by atoms with van der Waals surface area (Å²) in [5, 5.41) is 11.2. The molecule has 1 aliphatic heterocycles. The first-order chi connectivity index (χ1) is 12.1. The molecule has 1 heterocycles. The fraction of sp³-hybridized carbons (Fsp3) is 0.450. The van der Waals surface area contributed by atoms with Crippen LogP contribution in [0.5, 0.6) is 5.75 Å². The molecule has 5 heteroatoms. The topological polar surface area (TPSA) is 51.0 Å². The minimum atomic E-state index is -0.448. The molecule has 2 unspecified atom stereocenters. The van der Waals surface area contributed by atoms with Gasteiger partial charge in [-0.2, -0.15) is 0 Å². The zero-order valence-electron chi connectivity index (χ0n) is 14.9. The minimum absolute atomic E-state index is 0.236. The second kappa shape index (κ2) is 8.22. The molecule has 0 radical (unpaired) electrons. The molecule has 1 aromatic carbocycles. The third-order valence-corrected chi connectivity index (χ3v) is 7.17. The molecule has 2 aliphatic rings. The zero-order chi connectivity index (χ0) is 17.8. The number of nitrogens with zero attached hydrogens (tertiary/aromatic N) is 1. The van der Waals surface area contributed by atoms with Crippen LogP contribution >= 0.6 is 0 Å². The van der Waals surface area contributed by atoms with Crippen LogP contribution < -0.4 is 4.74 Å². The summed E-state index contributed by atoms with van der Waals surface area (Å²) >= 11 is 0.236. The Kier molecular flexibility index (Phi) is 6.00. The van der Waals surface area contributed by atoms with Crippen molar-refractivity contribution in [3.05, 3.63) is 53.6 Å². The van der Waals surface area contributed by atoms with Crippen molar-refractivity contribution < 1.29 is 14.6 Å². The van der Waals surface area contributed by atoms with E-state index >= 15 is 0 Å². The molecule has 0 aromatic heterocycles. The summed E-state index contributed by atoms with van der Waals surface area (Å²) in [5.41, 5.74) is 2.11. The average molecular weight is 406 g/mol. The Hall–Kier alpha value is -1.55. The van der Waals surface area contributed by atoms with Gasteiger partial charge in [-0.05, 0) is 0 Å². The molecule has 25 heavy (non-hydrogen) atoms. The van der Waals surface area contributed by atoms with Crippen molar-refractivity contribution in [2.75, 3.05) is 13.7 Å². The van der Waals surface area contributed by atoms with Gasteiger partial charge in [-0.3, -0.25) is 0 Å². The van der Waals surface area contributed by atoms with Crippen LogP contribution in [0.4, 0.5) is 0 Å². The standard InChI is InChI=1S/C20H25NO3Se/c1-13(2)17-11-24-20(21-17)16-5-4-6-19(16)25-12-18(22)14-7-9-15(23-3)10-8-14/h4-10,13,17-19,22H,11-12H2,1-3H3/t17-,18?,19?/m1/s1. The van der Waals surface area contributed by atoms with E-state index in [-0.39, 0.29) is 21.0 Å². The predicted octanol–water partition coefficient (Wildman–Crippen LogP) is 3.59. The third kappa shape index (κ3) is 4.35. The Bertz CT molecular complexity index is 679. The summed E-state index contributed by atoms with van der Waals surface area (Å²) in [5.74, 6) is 2.10. The molecule has 3 atom stereocenters. The van der Waals surface area contributed by atoms with Gasteiger partial charge in [0.05, 0.1) is 0 Å². The maximum atomic E-state index is 10.5. The van der Waals surface area contributed by atoms with Crippen LogP contribution in [-0.4, -0.2) is 45.7 Å². The number of aliphatic hydroxyl groups is 1. The van der Waals surface area contributed by atoms with Crippen LogP contribution in [0.15, 0.2) is 53.1 Å². The Labute approximate surface area is 155 Å². The molecule has 4 nitrogen and oxygen atoms in total. The fourth-order valence-electron chi connectivity index (χ4n) is 2.80. The van der Waals surface area contributed by atoms with Gasteiger partial charge in [0.2, 0.25) is 0 Å². The van der Waals surface area contributed by atoms with Crippen LogP contribution in [0, 0.1) is 5.92 Å². The Morgan fingerprint density at radius 1 is 1.32 bits per heavy atom. The number of methoxy groups -OCH3 is 1. The monoisotopic (exact) mass is 407 g/mol. The molecule has 1 aliphatic carbocycles. The molecule has 1 N–H and O–H groups in total. The van der Waals surface area contributed by atoms with Crippen molar-refractivity contribution in [1.29, 1.82) is 0 Å². The number of hydrogen-bond donors (Lipinski definition) is 1. The Morgan fingerprint density at radius 2 is 2.08 bits per heavy atom. The van der Waals surface area contributed by atoms with E-state index in [0.717, 1.165) is 22.5 Å². The van der Waals surface area contributed by atoms with Gasteiger partial charge >= 0.3 is 156 Å². The second-order valence-corrected chi connectivity index (χ2v) is 9.07. The van der Waals surface area contributed by atoms with Gasteiger partial charge in [-0.15, -0.1) is 0 Å². The summed E-state index contributed by atoms with van der Waals surface area (Å²) in [6.07, 6.45) is 5.94. The van der Waals surface area contributed by atoms with E-state index in [1.54, 1.807) is 7.11 Å². The molecule has 0 bridgehead atoms. The summed E-state index contributed by atoms with van der Waals surface area (Å²) in [6, 6.07) is 7.89. The Balaban J connectivity index is 1.58. The van der Waals surface area contributed by atoms with Gasteiger partial charge in [-0.25, -0.2) is 0 Å². The van der Waals surface area contributed by atoms with E-state index in [1.165, 1.54) is 5.57 Å². The normalized spacial score (nSPS) is 23.4. The van der Waals surface area contributed by atoms with Crippen molar-refractivity contribution in [2.24, 2.45) is 10.9 Å². The van der Waals surface area contributed by atoms with E-state index < -0.39 is 6.10 Å².